The molecule has 2 aromatic rings. The zero-order chi connectivity index (χ0) is 22.3. The Kier molecular flexibility index (Phi) is 5.80. The SMILES string of the molecule is CC(C)(C)OC(=O)NC1(c2cccc3c(Br)cccc23)CN(C(=O)OC(C)(C)C)C1. The van der Waals surface area contributed by atoms with Crippen LogP contribution >= 0.6 is 15.9 Å². The lowest BCUT2D eigenvalue weighted by Crippen LogP contribution is -2.69. The van der Waals surface area contributed by atoms with Gasteiger partial charge in [-0.05, 0) is 63.9 Å². The first-order chi connectivity index (χ1) is 13.8. The van der Waals surface area contributed by atoms with Crippen LogP contribution in [0, 0.1) is 0 Å². The molecular formula is C23H29BrN2O4. The average Bonchev–Trinajstić information content (AvgIpc) is 2.54. The van der Waals surface area contributed by atoms with E-state index in [9.17, 15) is 9.59 Å². The second-order valence-corrected chi connectivity index (χ2v) is 10.5. The van der Waals surface area contributed by atoms with E-state index in [1.165, 1.54) is 0 Å². The van der Waals surface area contributed by atoms with Gasteiger partial charge in [-0.25, -0.2) is 9.59 Å². The highest BCUT2D eigenvalue weighted by Gasteiger charge is 2.50. The summed E-state index contributed by atoms with van der Waals surface area (Å²) in [4.78, 5) is 26.8. The van der Waals surface area contributed by atoms with Crippen LogP contribution in [-0.2, 0) is 15.0 Å². The molecule has 7 heteroatoms. The maximum absolute atomic E-state index is 12.7. The second-order valence-electron chi connectivity index (χ2n) is 9.69. The minimum atomic E-state index is -0.764. The predicted molar refractivity (Wildman–Crippen MR) is 121 cm³/mol. The molecule has 2 amide bonds. The van der Waals surface area contributed by atoms with Gasteiger partial charge in [-0.1, -0.05) is 46.3 Å². The smallest absolute Gasteiger partial charge is 0.410 e. The van der Waals surface area contributed by atoms with Gasteiger partial charge in [0.15, 0.2) is 0 Å². The van der Waals surface area contributed by atoms with Gasteiger partial charge < -0.3 is 19.7 Å². The highest BCUT2D eigenvalue weighted by Crippen LogP contribution is 2.39. The first-order valence-corrected chi connectivity index (χ1v) is 10.8. The number of alkyl carbamates (subject to hydrolysis) is 1. The van der Waals surface area contributed by atoms with Crippen LogP contribution in [0.4, 0.5) is 9.59 Å². The fourth-order valence-corrected chi connectivity index (χ4v) is 4.06. The van der Waals surface area contributed by atoms with Crippen molar-refractivity contribution in [3.05, 3.63) is 46.4 Å². The van der Waals surface area contributed by atoms with Crippen LogP contribution < -0.4 is 5.32 Å². The van der Waals surface area contributed by atoms with E-state index in [2.05, 4.69) is 21.2 Å². The molecule has 0 atom stereocenters. The summed E-state index contributed by atoms with van der Waals surface area (Å²) in [6.45, 7) is 11.6. The van der Waals surface area contributed by atoms with Crippen molar-refractivity contribution in [2.45, 2.75) is 58.3 Å². The van der Waals surface area contributed by atoms with Crippen molar-refractivity contribution in [1.82, 2.24) is 10.2 Å². The van der Waals surface area contributed by atoms with Crippen molar-refractivity contribution in [2.75, 3.05) is 13.1 Å². The number of fused-ring (bicyclic) bond motifs is 1. The molecule has 0 aromatic heterocycles. The van der Waals surface area contributed by atoms with E-state index in [4.69, 9.17) is 9.47 Å². The third kappa shape index (κ3) is 4.89. The Bertz CT molecular complexity index is 969. The fourth-order valence-electron chi connectivity index (χ4n) is 3.57. The molecule has 1 fully saturated rings. The quantitative estimate of drug-likeness (QED) is 0.614. The molecule has 1 aliphatic heterocycles. The van der Waals surface area contributed by atoms with E-state index >= 15 is 0 Å². The van der Waals surface area contributed by atoms with Crippen molar-refractivity contribution in [2.24, 2.45) is 0 Å². The second kappa shape index (κ2) is 7.76. The zero-order valence-electron chi connectivity index (χ0n) is 18.3. The number of carbonyl (C=O) groups excluding carboxylic acids is 2. The zero-order valence-corrected chi connectivity index (χ0v) is 19.9. The maximum atomic E-state index is 12.7. The highest BCUT2D eigenvalue weighted by molar-refractivity contribution is 9.10. The highest BCUT2D eigenvalue weighted by atomic mass is 79.9. The van der Waals surface area contributed by atoms with E-state index in [-0.39, 0.29) is 0 Å². The van der Waals surface area contributed by atoms with Gasteiger partial charge in [-0.3, -0.25) is 0 Å². The summed E-state index contributed by atoms with van der Waals surface area (Å²) in [6, 6.07) is 11.9. The Hall–Kier alpha value is -2.28. The largest absolute Gasteiger partial charge is 0.444 e. The molecular weight excluding hydrogens is 448 g/mol. The number of likely N-dealkylation sites (tertiary alicyclic amines) is 1. The Labute approximate surface area is 186 Å². The molecule has 0 bridgehead atoms. The van der Waals surface area contributed by atoms with Gasteiger partial charge in [0.2, 0.25) is 0 Å². The Morgan fingerprint density at radius 3 is 2.10 bits per heavy atom. The lowest BCUT2D eigenvalue weighted by Gasteiger charge is -2.50. The van der Waals surface area contributed by atoms with Gasteiger partial charge in [0.1, 0.15) is 16.7 Å². The van der Waals surface area contributed by atoms with Crippen molar-refractivity contribution >= 4 is 38.9 Å². The molecule has 0 aliphatic carbocycles. The van der Waals surface area contributed by atoms with Gasteiger partial charge in [0, 0.05) is 4.47 Å². The summed E-state index contributed by atoms with van der Waals surface area (Å²) in [6.07, 6.45) is -0.913. The number of hydrogen-bond donors (Lipinski definition) is 1. The van der Waals surface area contributed by atoms with E-state index in [1.807, 2.05) is 77.9 Å². The number of amides is 2. The molecule has 1 aliphatic rings. The maximum Gasteiger partial charge on any atom is 0.410 e. The number of ether oxygens (including phenoxy) is 2. The van der Waals surface area contributed by atoms with Crippen LogP contribution in [-0.4, -0.2) is 41.4 Å². The molecule has 2 aromatic carbocycles. The lowest BCUT2D eigenvalue weighted by molar-refractivity contribution is -0.0226. The molecule has 30 heavy (non-hydrogen) atoms. The molecule has 1 saturated heterocycles. The van der Waals surface area contributed by atoms with Crippen LogP contribution in [0.25, 0.3) is 10.8 Å². The fraction of sp³-hybridized carbons (Fsp3) is 0.478. The van der Waals surface area contributed by atoms with E-state index < -0.39 is 28.9 Å². The lowest BCUT2D eigenvalue weighted by atomic mass is 9.80. The topological polar surface area (TPSA) is 67.9 Å². The molecule has 0 saturated carbocycles. The molecule has 0 radical (unpaired) electrons. The summed E-state index contributed by atoms with van der Waals surface area (Å²) in [5.41, 5.74) is -1.04. The molecule has 1 heterocycles. The molecule has 1 N–H and O–H groups in total. The predicted octanol–water partition coefficient (Wildman–Crippen LogP) is 5.57. The van der Waals surface area contributed by atoms with Crippen LogP contribution in [0.3, 0.4) is 0 Å². The van der Waals surface area contributed by atoms with Gasteiger partial charge in [-0.15, -0.1) is 0 Å². The normalized spacial score (nSPS) is 16.0. The first-order valence-electron chi connectivity index (χ1n) is 9.96. The van der Waals surface area contributed by atoms with Crippen LogP contribution in [0.15, 0.2) is 40.9 Å². The number of halogens is 1. The molecule has 6 nitrogen and oxygen atoms in total. The monoisotopic (exact) mass is 476 g/mol. The number of benzene rings is 2. The van der Waals surface area contributed by atoms with E-state index in [0.717, 1.165) is 20.8 Å². The summed E-state index contributed by atoms with van der Waals surface area (Å²) < 4.78 is 12.0. The van der Waals surface area contributed by atoms with Crippen LogP contribution in [0.2, 0.25) is 0 Å². The molecule has 0 spiro atoms. The molecule has 3 rings (SSSR count). The third-order valence-corrected chi connectivity index (χ3v) is 5.39. The van der Waals surface area contributed by atoms with Crippen molar-refractivity contribution in [3.8, 4) is 0 Å². The van der Waals surface area contributed by atoms with Gasteiger partial charge in [0.05, 0.1) is 13.1 Å². The summed E-state index contributed by atoms with van der Waals surface area (Å²) in [7, 11) is 0. The average molecular weight is 477 g/mol. The Morgan fingerprint density at radius 1 is 0.933 bits per heavy atom. The third-order valence-electron chi connectivity index (χ3n) is 4.70. The van der Waals surface area contributed by atoms with Crippen LogP contribution in [0.5, 0.6) is 0 Å². The summed E-state index contributed by atoms with van der Waals surface area (Å²) >= 11 is 3.60. The van der Waals surface area contributed by atoms with Crippen LogP contribution in [0.1, 0.15) is 47.1 Å². The number of carbonyl (C=O) groups is 2. The molecule has 162 valence electrons. The number of rotatable bonds is 2. The van der Waals surface area contributed by atoms with Crippen molar-refractivity contribution < 1.29 is 19.1 Å². The minimum absolute atomic E-state index is 0.298. The van der Waals surface area contributed by atoms with E-state index in [1.54, 1.807) is 4.90 Å². The van der Waals surface area contributed by atoms with Gasteiger partial charge in [-0.2, -0.15) is 0 Å². The first kappa shape index (κ1) is 22.4. The number of nitrogens with one attached hydrogen (secondary N) is 1. The molecule has 0 unspecified atom stereocenters. The van der Waals surface area contributed by atoms with Gasteiger partial charge in [0.25, 0.3) is 0 Å². The minimum Gasteiger partial charge on any atom is -0.444 e. The van der Waals surface area contributed by atoms with Crippen molar-refractivity contribution in [3.63, 3.8) is 0 Å². The Morgan fingerprint density at radius 2 is 1.50 bits per heavy atom. The summed E-state index contributed by atoms with van der Waals surface area (Å²) in [5.74, 6) is 0. The summed E-state index contributed by atoms with van der Waals surface area (Å²) in [5, 5.41) is 5.08. The van der Waals surface area contributed by atoms with Gasteiger partial charge >= 0.3 is 12.2 Å². The number of nitrogens with zero attached hydrogens (tertiary/aromatic N) is 1. The van der Waals surface area contributed by atoms with E-state index in [0.29, 0.717) is 13.1 Å². The van der Waals surface area contributed by atoms with Crippen molar-refractivity contribution in [1.29, 1.82) is 0 Å². The Balaban J connectivity index is 1.96. The standard InChI is InChI=1S/C23H29BrN2O4/c1-21(2,3)29-19(27)25-23(13-26(14-23)20(28)30-22(4,5)6)17-11-7-10-16-15(17)9-8-12-18(16)24/h7-12H,13-14H2,1-6H3,(H,25,27). The number of hydrogen-bond acceptors (Lipinski definition) is 4.